The van der Waals surface area contributed by atoms with E-state index in [1.807, 2.05) is 6.92 Å². The molecule has 0 aliphatic rings. The fourth-order valence-corrected chi connectivity index (χ4v) is 1.61. The summed E-state index contributed by atoms with van der Waals surface area (Å²) in [4.78, 5) is 4.06. The lowest BCUT2D eigenvalue weighted by molar-refractivity contribution is 0.615. The first-order valence-electron chi connectivity index (χ1n) is 4.17. The van der Waals surface area contributed by atoms with E-state index in [1.54, 1.807) is 10.6 Å². The van der Waals surface area contributed by atoms with E-state index in [9.17, 15) is 4.39 Å². The first-order valence-corrected chi connectivity index (χ1v) is 4.55. The Morgan fingerprint density at radius 3 is 3.00 bits per heavy atom. The lowest BCUT2D eigenvalue weighted by Crippen LogP contribution is -2.08. The first kappa shape index (κ1) is 9.43. The van der Waals surface area contributed by atoms with E-state index in [-0.39, 0.29) is 11.1 Å². The standard InChI is InChI=1S/C9H9ClFN3/c1-5(12)8-3-13-9-7(10)2-6(11)4-14(8)9/h2-5H,12H2,1H3. The van der Waals surface area contributed by atoms with E-state index in [4.69, 9.17) is 17.3 Å². The van der Waals surface area contributed by atoms with E-state index in [0.717, 1.165) is 5.69 Å². The van der Waals surface area contributed by atoms with E-state index in [1.165, 1.54) is 12.3 Å². The number of pyridine rings is 1. The van der Waals surface area contributed by atoms with Crippen molar-refractivity contribution in [1.29, 1.82) is 0 Å². The fraction of sp³-hybridized carbons (Fsp3) is 0.222. The van der Waals surface area contributed by atoms with Crippen LogP contribution in [0.15, 0.2) is 18.5 Å². The zero-order valence-electron chi connectivity index (χ0n) is 7.54. The van der Waals surface area contributed by atoms with Crippen LogP contribution in [-0.2, 0) is 0 Å². The minimum Gasteiger partial charge on any atom is -0.323 e. The molecule has 0 radical (unpaired) electrons. The van der Waals surface area contributed by atoms with Gasteiger partial charge in [0.15, 0.2) is 5.65 Å². The van der Waals surface area contributed by atoms with E-state index in [0.29, 0.717) is 5.65 Å². The highest BCUT2D eigenvalue weighted by Crippen LogP contribution is 2.21. The van der Waals surface area contributed by atoms with Gasteiger partial charge in [0.25, 0.3) is 0 Å². The zero-order valence-corrected chi connectivity index (χ0v) is 8.29. The van der Waals surface area contributed by atoms with Gasteiger partial charge in [0, 0.05) is 12.2 Å². The van der Waals surface area contributed by atoms with Gasteiger partial charge in [-0.15, -0.1) is 0 Å². The molecule has 1 atom stereocenters. The molecule has 2 rings (SSSR count). The van der Waals surface area contributed by atoms with Crippen molar-refractivity contribution in [1.82, 2.24) is 9.38 Å². The van der Waals surface area contributed by atoms with Crippen LogP contribution in [0.25, 0.3) is 5.65 Å². The summed E-state index contributed by atoms with van der Waals surface area (Å²) in [6.07, 6.45) is 2.93. The molecule has 2 aromatic heterocycles. The molecule has 0 bridgehead atoms. The summed E-state index contributed by atoms with van der Waals surface area (Å²) in [7, 11) is 0. The second kappa shape index (κ2) is 3.22. The molecule has 1 unspecified atom stereocenters. The van der Waals surface area contributed by atoms with Crippen LogP contribution in [0, 0.1) is 5.82 Å². The average molecular weight is 214 g/mol. The molecule has 74 valence electrons. The minimum atomic E-state index is -0.401. The van der Waals surface area contributed by atoms with Crippen molar-refractivity contribution in [2.24, 2.45) is 5.73 Å². The molecule has 2 heterocycles. The highest BCUT2D eigenvalue weighted by atomic mass is 35.5. The third kappa shape index (κ3) is 1.36. The smallest absolute Gasteiger partial charge is 0.156 e. The lowest BCUT2D eigenvalue weighted by atomic mass is 10.3. The summed E-state index contributed by atoms with van der Waals surface area (Å²) < 4.78 is 14.6. The fourth-order valence-electron chi connectivity index (χ4n) is 1.37. The van der Waals surface area contributed by atoms with Gasteiger partial charge >= 0.3 is 0 Å². The normalized spacial score (nSPS) is 13.4. The quantitative estimate of drug-likeness (QED) is 0.789. The van der Waals surface area contributed by atoms with Gasteiger partial charge in [-0.25, -0.2) is 9.37 Å². The van der Waals surface area contributed by atoms with Crippen LogP contribution in [0.4, 0.5) is 4.39 Å². The Morgan fingerprint density at radius 2 is 2.36 bits per heavy atom. The van der Waals surface area contributed by atoms with Crippen molar-refractivity contribution in [2.45, 2.75) is 13.0 Å². The predicted octanol–water partition coefficient (Wildman–Crippen LogP) is 2.15. The van der Waals surface area contributed by atoms with Gasteiger partial charge < -0.3 is 5.73 Å². The molecule has 0 saturated heterocycles. The summed E-state index contributed by atoms with van der Waals surface area (Å²) in [5.41, 5.74) is 6.96. The van der Waals surface area contributed by atoms with Gasteiger partial charge in [-0.1, -0.05) is 11.6 Å². The van der Waals surface area contributed by atoms with Gasteiger partial charge in [0.2, 0.25) is 0 Å². The van der Waals surface area contributed by atoms with Gasteiger partial charge in [-0.05, 0) is 13.0 Å². The molecular weight excluding hydrogens is 205 g/mol. The van der Waals surface area contributed by atoms with Crippen molar-refractivity contribution in [3.63, 3.8) is 0 Å². The highest BCUT2D eigenvalue weighted by Gasteiger charge is 2.10. The number of imidazole rings is 1. The van der Waals surface area contributed by atoms with Crippen molar-refractivity contribution >= 4 is 17.2 Å². The van der Waals surface area contributed by atoms with Crippen LogP contribution in [-0.4, -0.2) is 9.38 Å². The largest absolute Gasteiger partial charge is 0.323 e. The average Bonchev–Trinajstić information content (AvgIpc) is 2.47. The van der Waals surface area contributed by atoms with E-state index >= 15 is 0 Å². The number of fused-ring (bicyclic) bond motifs is 1. The maximum Gasteiger partial charge on any atom is 0.156 e. The monoisotopic (exact) mass is 213 g/mol. The minimum absolute atomic E-state index is 0.206. The summed E-state index contributed by atoms with van der Waals surface area (Å²) in [5.74, 6) is -0.401. The topological polar surface area (TPSA) is 43.3 Å². The molecule has 0 spiro atoms. The van der Waals surface area contributed by atoms with Crippen molar-refractivity contribution in [3.8, 4) is 0 Å². The van der Waals surface area contributed by atoms with Gasteiger partial charge in [0.1, 0.15) is 5.82 Å². The van der Waals surface area contributed by atoms with Crippen LogP contribution in [0.5, 0.6) is 0 Å². The summed E-state index contributed by atoms with van der Waals surface area (Å²) in [6.45, 7) is 1.81. The maximum absolute atomic E-state index is 13.0. The maximum atomic E-state index is 13.0. The molecule has 2 aromatic rings. The van der Waals surface area contributed by atoms with Crippen LogP contribution < -0.4 is 5.73 Å². The molecule has 0 aliphatic heterocycles. The highest BCUT2D eigenvalue weighted by molar-refractivity contribution is 6.33. The van der Waals surface area contributed by atoms with Crippen LogP contribution in [0.2, 0.25) is 5.02 Å². The third-order valence-corrected chi connectivity index (χ3v) is 2.30. The third-order valence-electron chi connectivity index (χ3n) is 2.02. The second-order valence-corrected chi connectivity index (χ2v) is 3.58. The second-order valence-electron chi connectivity index (χ2n) is 3.17. The Balaban J connectivity index is 2.78. The Hall–Kier alpha value is -1.13. The molecule has 0 aliphatic carbocycles. The van der Waals surface area contributed by atoms with Crippen molar-refractivity contribution < 1.29 is 4.39 Å². The van der Waals surface area contributed by atoms with Crippen LogP contribution in [0.1, 0.15) is 18.7 Å². The van der Waals surface area contributed by atoms with Gasteiger partial charge in [0.05, 0.1) is 16.9 Å². The Labute approximate surface area is 85.3 Å². The SMILES string of the molecule is CC(N)c1cnc2c(Cl)cc(F)cn12. The van der Waals surface area contributed by atoms with Gasteiger partial charge in [-0.3, -0.25) is 4.40 Å². The molecule has 5 heteroatoms. The molecule has 0 aromatic carbocycles. The molecular formula is C9H9ClFN3. The molecule has 3 nitrogen and oxygen atoms in total. The number of nitrogens with zero attached hydrogens (tertiary/aromatic N) is 2. The zero-order chi connectivity index (χ0) is 10.3. The number of rotatable bonds is 1. The predicted molar refractivity (Wildman–Crippen MR) is 52.8 cm³/mol. The summed E-state index contributed by atoms with van der Waals surface area (Å²) in [5, 5.41) is 0.289. The number of hydrogen-bond acceptors (Lipinski definition) is 2. The van der Waals surface area contributed by atoms with Gasteiger partial charge in [-0.2, -0.15) is 0 Å². The Morgan fingerprint density at radius 1 is 1.64 bits per heavy atom. The van der Waals surface area contributed by atoms with Crippen molar-refractivity contribution in [3.05, 3.63) is 35.0 Å². The summed E-state index contributed by atoms with van der Waals surface area (Å²) in [6, 6.07) is 1.03. The summed E-state index contributed by atoms with van der Waals surface area (Å²) >= 11 is 5.82. The number of halogens is 2. The lowest BCUT2D eigenvalue weighted by Gasteiger charge is -2.05. The van der Waals surface area contributed by atoms with Crippen LogP contribution >= 0.6 is 11.6 Å². The Bertz CT molecular complexity index is 478. The molecule has 0 amide bonds. The molecule has 2 N–H and O–H groups in total. The van der Waals surface area contributed by atoms with E-state index in [2.05, 4.69) is 4.98 Å². The first-order chi connectivity index (χ1) is 6.59. The van der Waals surface area contributed by atoms with E-state index < -0.39 is 5.82 Å². The molecule has 0 fully saturated rings. The van der Waals surface area contributed by atoms with Crippen LogP contribution in [0.3, 0.4) is 0 Å². The molecule has 0 saturated carbocycles. The number of nitrogens with two attached hydrogens (primary N) is 1. The molecule has 14 heavy (non-hydrogen) atoms. The Kier molecular flexibility index (Phi) is 2.17. The number of aromatic nitrogens is 2. The van der Waals surface area contributed by atoms with Crippen molar-refractivity contribution in [2.75, 3.05) is 0 Å². The number of hydrogen-bond donors (Lipinski definition) is 1.